The molecule has 4 aromatic rings. The fourth-order valence-corrected chi connectivity index (χ4v) is 4.30. The zero-order chi connectivity index (χ0) is 27.2. The fourth-order valence-electron chi connectivity index (χ4n) is 3.73. The van der Waals surface area contributed by atoms with Crippen molar-refractivity contribution in [2.75, 3.05) is 0 Å². The van der Waals surface area contributed by atoms with Gasteiger partial charge in [-0.3, -0.25) is 14.6 Å². The summed E-state index contributed by atoms with van der Waals surface area (Å²) >= 11 is 12.2. The molecule has 0 aliphatic carbocycles. The van der Waals surface area contributed by atoms with Gasteiger partial charge in [0.2, 0.25) is 0 Å². The molecule has 2 aromatic heterocycles. The van der Waals surface area contributed by atoms with E-state index in [-0.39, 0.29) is 34.2 Å². The second kappa shape index (κ2) is 11.9. The topological polar surface area (TPSA) is 123 Å². The zero-order valence-electron chi connectivity index (χ0n) is 20.1. The maximum Gasteiger partial charge on any atom is 0.326 e. The number of nitrogens with one attached hydrogen (secondary N) is 1. The normalized spacial score (nSPS) is 11.6. The number of hydrogen-bond acceptors (Lipinski definition) is 6. The number of rotatable bonds is 9. The number of carbonyl (C=O) groups excluding carboxylic acids is 1. The number of aromatic nitrogens is 3. The SMILES string of the molecule is Cn1ncc(OCc2cccnc2)c(-c2ccc(C[C@H](NC(=O)c3c(Cl)cccc3Cl)C(=O)O)cc2)c1=O. The molecule has 0 fully saturated rings. The van der Waals surface area contributed by atoms with E-state index in [1.165, 1.54) is 30.1 Å². The highest BCUT2D eigenvalue weighted by Gasteiger charge is 2.24. The fraction of sp³-hybridized carbons (Fsp3) is 0.148. The van der Waals surface area contributed by atoms with Crippen LogP contribution in [0, 0.1) is 0 Å². The molecule has 1 amide bonds. The van der Waals surface area contributed by atoms with E-state index in [1.807, 2.05) is 6.07 Å². The summed E-state index contributed by atoms with van der Waals surface area (Å²) in [4.78, 5) is 41.6. The molecule has 0 bridgehead atoms. The van der Waals surface area contributed by atoms with E-state index in [2.05, 4.69) is 15.4 Å². The van der Waals surface area contributed by atoms with Crippen molar-refractivity contribution in [2.24, 2.45) is 7.05 Å². The van der Waals surface area contributed by atoms with Crippen LogP contribution >= 0.6 is 23.2 Å². The molecule has 0 aliphatic rings. The third kappa shape index (κ3) is 6.19. The second-order valence-corrected chi connectivity index (χ2v) is 9.14. The average molecular weight is 553 g/mol. The highest BCUT2D eigenvalue weighted by Crippen LogP contribution is 2.27. The number of nitrogens with zero attached hydrogens (tertiary/aromatic N) is 3. The van der Waals surface area contributed by atoms with Crippen molar-refractivity contribution in [2.45, 2.75) is 19.1 Å². The van der Waals surface area contributed by atoms with E-state index >= 15 is 0 Å². The number of carboxylic acids is 1. The Bertz CT molecular complexity index is 1500. The molecule has 9 nitrogen and oxygen atoms in total. The summed E-state index contributed by atoms with van der Waals surface area (Å²) in [5.41, 5.74) is 1.98. The van der Waals surface area contributed by atoms with Crippen molar-refractivity contribution in [1.82, 2.24) is 20.1 Å². The Morgan fingerprint density at radius 2 is 1.74 bits per heavy atom. The zero-order valence-corrected chi connectivity index (χ0v) is 21.6. The van der Waals surface area contributed by atoms with Gasteiger partial charge in [0, 0.05) is 31.4 Å². The predicted octanol–water partition coefficient (Wildman–Crippen LogP) is 4.15. The van der Waals surface area contributed by atoms with Crippen LogP contribution in [0.2, 0.25) is 10.0 Å². The van der Waals surface area contributed by atoms with Gasteiger partial charge in [-0.2, -0.15) is 5.10 Å². The lowest BCUT2D eigenvalue weighted by Gasteiger charge is -2.16. The van der Waals surface area contributed by atoms with E-state index in [4.69, 9.17) is 27.9 Å². The van der Waals surface area contributed by atoms with E-state index in [0.717, 1.165) is 5.56 Å². The molecule has 38 heavy (non-hydrogen) atoms. The van der Waals surface area contributed by atoms with E-state index in [9.17, 15) is 19.5 Å². The maximum atomic E-state index is 12.9. The molecule has 1 atom stereocenters. The van der Waals surface area contributed by atoms with Crippen LogP contribution in [0.4, 0.5) is 0 Å². The summed E-state index contributed by atoms with van der Waals surface area (Å²) in [6.07, 6.45) is 4.78. The van der Waals surface area contributed by atoms with Crippen LogP contribution in [0.1, 0.15) is 21.5 Å². The van der Waals surface area contributed by atoms with Gasteiger partial charge in [-0.15, -0.1) is 0 Å². The summed E-state index contributed by atoms with van der Waals surface area (Å²) in [5.74, 6) is -1.61. The van der Waals surface area contributed by atoms with Gasteiger partial charge < -0.3 is 15.2 Å². The summed E-state index contributed by atoms with van der Waals surface area (Å²) in [6.45, 7) is 0.198. The van der Waals surface area contributed by atoms with Crippen molar-refractivity contribution in [3.05, 3.63) is 110 Å². The summed E-state index contributed by atoms with van der Waals surface area (Å²) < 4.78 is 7.09. The van der Waals surface area contributed by atoms with Crippen LogP contribution in [0.15, 0.2) is 78.0 Å². The van der Waals surface area contributed by atoms with Crippen LogP contribution < -0.4 is 15.6 Å². The van der Waals surface area contributed by atoms with Gasteiger partial charge in [0.25, 0.3) is 11.5 Å². The minimum absolute atomic E-state index is 0.00442. The summed E-state index contributed by atoms with van der Waals surface area (Å²) in [7, 11) is 1.54. The van der Waals surface area contributed by atoms with E-state index in [0.29, 0.717) is 22.4 Å². The molecule has 0 radical (unpaired) electrons. The second-order valence-electron chi connectivity index (χ2n) is 8.32. The van der Waals surface area contributed by atoms with E-state index in [1.54, 1.807) is 48.8 Å². The first-order chi connectivity index (χ1) is 18.2. The van der Waals surface area contributed by atoms with E-state index < -0.39 is 17.9 Å². The molecule has 0 saturated carbocycles. The molecular formula is C27H22Cl2N4O5. The Kier molecular flexibility index (Phi) is 8.40. The number of carbonyl (C=O) groups is 2. The maximum absolute atomic E-state index is 12.9. The Balaban J connectivity index is 1.54. The Morgan fingerprint density at radius 3 is 2.37 bits per heavy atom. The lowest BCUT2D eigenvalue weighted by Crippen LogP contribution is -2.42. The molecule has 2 N–H and O–H groups in total. The minimum Gasteiger partial charge on any atom is -0.486 e. The van der Waals surface area contributed by atoms with Crippen molar-refractivity contribution in [1.29, 1.82) is 0 Å². The number of hydrogen-bond donors (Lipinski definition) is 2. The van der Waals surface area contributed by atoms with Crippen LogP contribution in [0.3, 0.4) is 0 Å². The molecule has 0 spiro atoms. The van der Waals surface area contributed by atoms with Gasteiger partial charge in [-0.25, -0.2) is 9.48 Å². The van der Waals surface area contributed by atoms with Crippen LogP contribution in [-0.2, 0) is 24.9 Å². The molecular weight excluding hydrogens is 531 g/mol. The van der Waals surface area contributed by atoms with Crippen molar-refractivity contribution >= 4 is 35.1 Å². The molecule has 0 unspecified atom stereocenters. The van der Waals surface area contributed by atoms with Crippen molar-refractivity contribution in [3.63, 3.8) is 0 Å². The Hall–Kier alpha value is -4.21. The smallest absolute Gasteiger partial charge is 0.326 e. The van der Waals surface area contributed by atoms with Gasteiger partial charge in [0.05, 0.1) is 27.4 Å². The number of benzene rings is 2. The van der Waals surface area contributed by atoms with Gasteiger partial charge in [0.1, 0.15) is 12.6 Å². The van der Waals surface area contributed by atoms with Crippen LogP contribution in [-0.4, -0.2) is 37.8 Å². The first-order valence-corrected chi connectivity index (χ1v) is 12.1. The predicted molar refractivity (Wildman–Crippen MR) is 143 cm³/mol. The van der Waals surface area contributed by atoms with Crippen molar-refractivity contribution in [3.8, 4) is 16.9 Å². The number of pyridine rings is 1. The number of carboxylic acid groups (broad SMARTS) is 1. The molecule has 11 heteroatoms. The number of amides is 1. The van der Waals surface area contributed by atoms with Gasteiger partial charge in [0.15, 0.2) is 5.75 Å². The minimum atomic E-state index is -1.24. The molecule has 0 aliphatic heterocycles. The standard InChI is InChI=1S/C27H22Cl2N4O5/c1-33-26(35)23(22(14-31-33)38-15-17-4-3-11-30-13-17)18-9-7-16(8-10-18)12-21(27(36)37)32-25(34)24-19(28)5-2-6-20(24)29/h2-11,13-14,21H,12,15H2,1H3,(H,32,34)(H,36,37)/t21-/m0/s1. The van der Waals surface area contributed by atoms with Gasteiger partial charge in [-0.1, -0.05) is 59.6 Å². The lowest BCUT2D eigenvalue weighted by molar-refractivity contribution is -0.139. The summed E-state index contributed by atoms with van der Waals surface area (Å²) in [6, 6.07) is 13.7. The molecule has 0 saturated heterocycles. The quantitative estimate of drug-likeness (QED) is 0.319. The molecule has 194 valence electrons. The summed E-state index contributed by atoms with van der Waals surface area (Å²) in [5, 5.41) is 16.5. The monoisotopic (exact) mass is 552 g/mol. The highest BCUT2D eigenvalue weighted by atomic mass is 35.5. The molecule has 2 heterocycles. The third-order valence-electron chi connectivity index (χ3n) is 5.70. The first-order valence-electron chi connectivity index (χ1n) is 11.4. The van der Waals surface area contributed by atoms with Gasteiger partial charge in [-0.05, 0) is 29.3 Å². The largest absolute Gasteiger partial charge is 0.486 e. The Labute approximate surface area is 227 Å². The molecule has 2 aromatic carbocycles. The lowest BCUT2D eigenvalue weighted by atomic mass is 10.0. The third-order valence-corrected chi connectivity index (χ3v) is 6.33. The van der Waals surface area contributed by atoms with Gasteiger partial charge >= 0.3 is 5.97 Å². The number of ether oxygens (including phenoxy) is 1. The Morgan fingerprint density at radius 1 is 1.03 bits per heavy atom. The highest BCUT2D eigenvalue weighted by molar-refractivity contribution is 6.39. The van der Waals surface area contributed by atoms with Crippen LogP contribution in [0.5, 0.6) is 5.75 Å². The average Bonchev–Trinajstić information content (AvgIpc) is 2.90. The van der Waals surface area contributed by atoms with Crippen LogP contribution in [0.25, 0.3) is 11.1 Å². The number of halogens is 2. The first kappa shape index (κ1) is 26.8. The van der Waals surface area contributed by atoms with Crippen molar-refractivity contribution < 1.29 is 19.4 Å². The number of aryl methyl sites for hydroxylation is 1. The number of aliphatic carboxylic acids is 1. The molecule has 4 rings (SSSR count).